The number of methoxy groups -OCH3 is 1. The molecule has 77 heavy (non-hydrogen) atoms. The molecule has 0 spiro atoms. The van der Waals surface area contributed by atoms with Gasteiger partial charge in [0, 0.05) is 86.0 Å². The van der Waals surface area contributed by atoms with Gasteiger partial charge in [0.15, 0.2) is 6.61 Å². The second-order valence-corrected chi connectivity index (χ2v) is 20.2. The van der Waals surface area contributed by atoms with Crippen LogP contribution in [0.15, 0.2) is 93.3 Å². The van der Waals surface area contributed by atoms with Gasteiger partial charge in [0.1, 0.15) is 24.2 Å². The van der Waals surface area contributed by atoms with Crippen LogP contribution in [-0.4, -0.2) is 161 Å². The highest BCUT2D eigenvalue weighted by Gasteiger charge is 2.31. The molecule has 0 unspecified atom stereocenters. The van der Waals surface area contributed by atoms with Crippen LogP contribution in [0.1, 0.15) is 29.1 Å². The normalized spacial score (nSPS) is 15.1. The number of sulfonamides is 1. The molecular weight excluding hydrogens is 1030 g/mol. The lowest BCUT2D eigenvalue weighted by Gasteiger charge is -2.33. The van der Waals surface area contributed by atoms with E-state index in [1.54, 1.807) is 59.4 Å². The molecule has 1 aliphatic rings. The third-order valence-electron chi connectivity index (χ3n) is 12.5. The number of halogens is 4. The van der Waals surface area contributed by atoms with Crippen LogP contribution in [-0.2, 0) is 42.1 Å². The first-order chi connectivity index (χ1) is 36.9. The summed E-state index contributed by atoms with van der Waals surface area (Å²) in [6, 6.07) is 16.9. The molecule has 5 heterocycles. The van der Waals surface area contributed by atoms with E-state index in [0.29, 0.717) is 41.0 Å². The Kier molecular flexibility index (Phi) is 20.1. The average molecular weight is 1090 g/mol. The summed E-state index contributed by atoms with van der Waals surface area (Å²) < 4.78 is 120. The number of piperidine rings is 1. The second-order valence-electron chi connectivity index (χ2n) is 18.2. The molecule has 1 fully saturated rings. The van der Waals surface area contributed by atoms with Gasteiger partial charge in [-0.05, 0) is 81.3 Å². The SMILES string of the molecule is COc1cc(S(=O)(=O)N(C)CCOCCOCCOCCNC(=O)COc2cc(Cn3cc(-c4c(C)noc4C)ccc3=O)ccn2)ccc1NCC#Cc1cc2c(N[C@@H]3CCN(C)C[C@@H]3F)cccc2n1CC(F)(F)F. The standard InChI is InChI=1S/C53H63F4N9O10S/c1-36-52(37(2)76-62-36)39-11-14-51(68)65(32-39)31-38-15-18-60-50(28-38)75-34-49(67)59-19-22-72-24-26-74-27-25-73-23-21-64(4)77(69,70)41-12-13-46(48(30-41)71-5)58-17-7-8-40-29-42-44(61-45-16-20-63(3)33-43(45)54)9-6-10-47(42)66(40)35-53(55,56)57/h6,9-15,18,28-30,32,43,45,58,61H,16-17,19-27,31,33-35H2,1-5H3,(H,59,67)/t43-,45+/m0/s1. The molecule has 0 radical (unpaired) electrons. The van der Waals surface area contributed by atoms with E-state index < -0.39 is 35.0 Å². The number of alkyl halides is 4. The van der Waals surface area contributed by atoms with E-state index >= 15 is 0 Å². The van der Waals surface area contributed by atoms with Crippen molar-refractivity contribution in [3.8, 4) is 34.6 Å². The molecule has 24 heteroatoms. The number of fused-ring (bicyclic) bond motifs is 1. The summed E-state index contributed by atoms with van der Waals surface area (Å²) in [7, 11) is 0.683. The summed E-state index contributed by atoms with van der Waals surface area (Å²) in [5.74, 6) is 6.43. The molecule has 2 aromatic carbocycles. The van der Waals surface area contributed by atoms with Gasteiger partial charge in [0.25, 0.3) is 11.5 Å². The summed E-state index contributed by atoms with van der Waals surface area (Å²) >= 11 is 0. The molecule has 1 saturated heterocycles. The number of likely N-dealkylation sites (N-methyl/N-ethyl adjacent to an activating group) is 1. The Hall–Kier alpha value is -7.01. The number of hydrogen-bond donors (Lipinski definition) is 3. The van der Waals surface area contributed by atoms with Gasteiger partial charge in [-0.25, -0.2) is 17.8 Å². The third kappa shape index (κ3) is 16.0. The van der Waals surface area contributed by atoms with E-state index in [2.05, 4.69) is 37.9 Å². The van der Waals surface area contributed by atoms with Crippen LogP contribution < -0.4 is 31.0 Å². The summed E-state index contributed by atoms with van der Waals surface area (Å²) in [4.78, 5) is 31.1. The van der Waals surface area contributed by atoms with E-state index in [9.17, 15) is 35.6 Å². The monoisotopic (exact) mass is 1090 g/mol. The Bertz CT molecular complexity index is 3170. The van der Waals surface area contributed by atoms with E-state index in [-0.39, 0.29) is 113 Å². The number of likely N-dealkylation sites (tertiary alicyclic amines) is 1. The maximum absolute atomic E-state index is 14.9. The van der Waals surface area contributed by atoms with E-state index in [1.807, 2.05) is 25.8 Å². The number of carbonyl (C=O) groups is 1. The molecule has 1 aliphatic heterocycles. The minimum atomic E-state index is -4.53. The average Bonchev–Trinajstić information content (AvgIpc) is 4.01. The predicted molar refractivity (Wildman–Crippen MR) is 281 cm³/mol. The van der Waals surface area contributed by atoms with Gasteiger partial charge in [-0.1, -0.05) is 17.1 Å². The zero-order chi connectivity index (χ0) is 55.1. The number of pyridine rings is 2. The number of hydrogen-bond acceptors (Lipinski definition) is 15. The Morgan fingerprint density at radius 2 is 1.74 bits per heavy atom. The van der Waals surface area contributed by atoms with Gasteiger partial charge in [0.05, 0.1) is 93.4 Å². The van der Waals surface area contributed by atoms with Crippen LogP contribution in [0.3, 0.4) is 0 Å². The van der Waals surface area contributed by atoms with E-state index in [0.717, 1.165) is 31.3 Å². The van der Waals surface area contributed by atoms with Crippen molar-refractivity contribution in [2.24, 2.45) is 0 Å². The topological polar surface area (TPSA) is 206 Å². The summed E-state index contributed by atoms with van der Waals surface area (Å²) in [6.45, 7) is 4.86. The van der Waals surface area contributed by atoms with Crippen molar-refractivity contribution in [1.29, 1.82) is 0 Å². The van der Waals surface area contributed by atoms with Crippen molar-refractivity contribution in [2.75, 3.05) is 111 Å². The molecule has 2 atom stereocenters. The highest BCUT2D eigenvalue weighted by Crippen LogP contribution is 2.33. The van der Waals surface area contributed by atoms with Crippen molar-refractivity contribution in [3.63, 3.8) is 0 Å². The quantitative estimate of drug-likeness (QED) is 0.0330. The molecule has 6 aromatic rings. The first-order valence-electron chi connectivity index (χ1n) is 24.8. The number of ether oxygens (including phenoxy) is 5. The number of rotatable bonds is 26. The van der Waals surface area contributed by atoms with Crippen molar-refractivity contribution >= 4 is 38.2 Å². The fraction of sp³-hybridized carbons (Fsp3) is 0.434. The molecule has 0 bridgehead atoms. The smallest absolute Gasteiger partial charge is 0.406 e. The van der Waals surface area contributed by atoms with Crippen LogP contribution in [0.25, 0.3) is 22.0 Å². The van der Waals surface area contributed by atoms with Gasteiger partial charge in [-0.3, -0.25) is 9.59 Å². The maximum atomic E-state index is 14.9. The Morgan fingerprint density at radius 3 is 2.47 bits per heavy atom. The molecule has 19 nitrogen and oxygen atoms in total. The predicted octanol–water partition coefficient (Wildman–Crippen LogP) is 5.87. The largest absolute Gasteiger partial charge is 0.495 e. The van der Waals surface area contributed by atoms with Gasteiger partial charge < -0.3 is 58.2 Å². The van der Waals surface area contributed by atoms with Crippen molar-refractivity contribution < 1.29 is 59.0 Å². The zero-order valence-electron chi connectivity index (χ0n) is 43.5. The van der Waals surface area contributed by atoms with Crippen LogP contribution in [0.4, 0.5) is 28.9 Å². The molecule has 7 rings (SSSR count). The molecular formula is C53H63F4N9O10S. The Balaban J connectivity index is 0.769. The van der Waals surface area contributed by atoms with Crippen LogP contribution >= 0.6 is 0 Å². The third-order valence-corrected chi connectivity index (χ3v) is 14.4. The molecule has 414 valence electrons. The van der Waals surface area contributed by atoms with E-state index in [4.69, 9.17) is 28.2 Å². The lowest BCUT2D eigenvalue weighted by molar-refractivity contribution is -0.140. The van der Waals surface area contributed by atoms with Gasteiger partial charge in [-0.2, -0.15) is 17.5 Å². The van der Waals surface area contributed by atoms with Crippen molar-refractivity contribution in [2.45, 2.75) is 56.6 Å². The number of nitrogens with one attached hydrogen (secondary N) is 3. The van der Waals surface area contributed by atoms with Gasteiger partial charge >= 0.3 is 6.18 Å². The van der Waals surface area contributed by atoms with Gasteiger partial charge in [0.2, 0.25) is 15.9 Å². The fourth-order valence-electron chi connectivity index (χ4n) is 8.55. The van der Waals surface area contributed by atoms with E-state index in [1.165, 1.54) is 38.4 Å². The minimum Gasteiger partial charge on any atom is -0.495 e. The highest BCUT2D eigenvalue weighted by molar-refractivity contribution is 7.89. The number of aryl methyl sites for hydroxylation is 2. The van der Waals surface area contributed by atoms with Crippen LogP contribution in [0, 0.1) is 25.7 Å². The van der Waals surface area contributed by atoms with Crippen LogP contribution in [0.2, 0.25) is 0 Å². The number of benzene rings is 2. The first-order valence-corrected chi connectivity index (χ1v) is 26.2. The number of anilines is 2. The molecule has 0 aliphatic carbocycles. The number of aromatic nitrogens is 4. The lowest BCUT2D eigenvalue weighted by Crippen LogP contribution is -2.46. The summed E-state index contributed by atoms with van der Waals surface area (Å²) in [5, 5.41) is 13.5. The number of carbonyl (C=O) groups excluding carboxylic acids is 1. The number of amides is 1. The molecule has 4 aromatic heterocycles. The summed E-state index contributed by atoms with van der Waals surface area (Å²) in [5.41, 5.74) is 4.29. The fourth-order valence-corrected chi connectivity index (χ4v) is 9.72. The Labute approximate surface area is 443 Å². The Morgan fingerprint density at radius 1 is 0.974 bits per heavy atom. The summed E-state index contributed by atoms with van der Waals surface area (Å²) in [6.07, 6.45) is -1.85. The molecule has 1 amide bonds. The second kappa shape index (κ2) is 26.8. The maximum Gasteiger partial charge on any atom is 0.406 e. The van der Waals surface area contributed by atoms with Crippen LogP contribution in [0.5, 0.6) is 11.6 Å². The van der Waals surface area contributed by atoms with Crippen molar-refractivity contribution in [3.05, 3.63) is 112 Å². The molecule has 3 N–H and O–H groups in total. The zero-order valence-corrected chi connectivity index (χ0v) is 44.3. The molecule has 0 saturated carbocycles. The highest BCUT2D eigenvalue weighted by atomic mass is 32.2. The lowest BCUT2D eigenvalue weighted by atomic mass is 10.0. The van der Waals surface area contributed by atoms with Gasteiger partial charge in [-0.15, -0.1) is 0 Å². The minimum absolute atomic E-state index is 0.0146. The van der Waals surface area contributed by atoms with Crippen molar-refractivity contribution in [1.82, 2.24) is 33.8 Å². The number of nitrogens with zero attached hydrogens (tertiary/aromatic N) is 6. The first kappa shape index (κ1) is 57.7.